The smallest absolute Gasteiger partial charge is 0.291 e. The molecule has 1 aromatic heterocycles. The largest absolute Gasteiger partial charge is 0.438 e. The third-order valence-corrected chi connectivity index (χ3v) is 3.92. The molecule has 0 unspecified atom stereocenters. The summed E-state index contributed by atoms with van der Waals surface area (Å²) in [5, 5.41) is 11.1. The molecular formula is C13H11N3O4S. The van der Waals surface area contributed by atoms with Crippen LogP contribution in [-0.4, -0.2) is 21.4 Å². The summed E-state index contributed by atoms with van der Waals surface area (Å²) in [4.78, 5) is 12.0. The van der Waals surface area contributed by atoms with E-state index in [9.17, 15) is 13.2 Å². The fourth-order valence-electron chi connectivity index (χ4n) is 1.56. The first-order valence-corrected chi connectivity index (χ1v) is 7.30. The minimum Gasteiger partial charge on any atom is -0.438 e. The molecule has 0 saturated heterocycles. The summed E-state index contributed by atoms with van der Waals surface area (Å²) in [7, 11) is -2.51. The van der Waals surface area contributed by atoms with E-state index in [0.717, 1.165) is 0 Å². The summed E-state index contributed by atoms with van der Waals surface area (Å²) < 4.78 is 30.1. The number of rotatable bonds is 4. The summed E-state index contributed by atoms with van der Waals surface area (Å²) in [6.07, 6.45) is 0. The molecule has 2 aromatic rings. The Morgan fingerprint density at radius 3 is 2.62 bits per heavy atom. The van der Waals surface area contributed by atoms with Crippen LogP contribution in [0.5, 0.6) is 0 Å². The van der Waals surface area contributed by atoms with Gasteiger partial charge in [-0.05, 0) is 31.3 Å². The van der Waals surface area contributed by atoms with E-state index in [-0.39, 0.29) is 10.9 Å². The summed E-state index contributed by atoms with van der Waals surface area (Å²) in [6, 6.07) is 10.8. The van der Waals surface area contributed by atoms with Gasteiger partial charge in [-0.3, -0.25) is 4.79 Å². The summed E-state index contributed by atoms with van der Waals surface area (Å²) >= 11 is 0. The maximum absolute atomic E-state index is 12.0. The number of benzene rings is 1. The number of amides is 1. The monoisotopic (exact) mass is 305 g/mol. The van der Waals surface area contributed by atoms with Gasteiger partial charge >= 0.3 is 0 Å². The van der Waals surface area contributed by atoms with Gasteiger partial charge in [0.2, 0.25) is 5.09 Å². The van der Waals surface area contributed by atoms with E-state index in [1.54, 1.807) is 24.3 Å². The van der Waals surface area contributed by atoms with E-state index in [1.807, 2.05) is 6.07 Å². The summed E-state index contributed by atoms with van der Waals surface area (Å²) in [5.41, 5.74) is 0.611. The number of carbonyl (C=O) groups is 1. The molecule has 2 N–H and O–H groups in total. The lowest BCUT2D eigenvalue weighted by molar-refractivity contribution is 0.0991. The molecule has 0 fully saturated rings. The Bertz CT molecular complexity index is 818. The van der Waals surface area contributed by atoms with Crippen molar-refractivity contribution in [2.75, 3.05) is 12.4 Å². The lowest BCUT2D eigenvalue weighted by Crippen LogP contribution is -2.18. The summed E-state index contributed by atoms with van der Waals surface area (Å²) in [6.45, 7) is 0. The molecule has 0 aliphatic rings. The quantitative estimate of drug-likeness (QED) is 0.884. The number of hydrogen-bond acceptors (Lipinski definition) is 5. The van der Waals surface area contributed by atoms with Crippen molar-refractivity contribution >= 4 is 21.6 Å². The van der Waals surface area contributed by atoms with E-state index in [1.165, 1.54) is 19.2 Å². The van der Waals surface area contributed by atoms with E-state index < -0.39 is 15.9 Å². The van der Waals surface area contributed by atoms with Gasteiger partial charge in [0.05, 0.1) is 11.3 Å². The van der Waals surface area contributed by atoms with E-state index in [4.69, 9.17) is 9.68 Å². The highest BCUT2D eigenvalue weighted by atomic mass is 32.2. The third-order valence-electron chi connectivity index (χ3n) is 2.63. The van der Waals surface area contributed by atoms with Crippen molar-refractivity contribution in [2.45, 2.75) is 5.09 Å². The number of nitrogens with one attached hydrogen (secondary N) is 2. The maximum atomic E-state index is 12.0. The minimum atomic E-state index is -3.75. The number of sulfonamides is 1. The number of hydrogen-bond donors (Lipinski definition) is 2. The van der Waals surface area contributed by atoms with Crippen LogP contribution in [0, 0.1) is 11.3 Å². The molecule has 1 amide bonds. The molecule has 2 rings (SSSR count). The molecule has 0 aliphatic heterocycles. The lowest BCUT2D eigenvalue weighted by Gasteiger charge is -2.04. The second-order valence-corrected chi connectivity index (χ2v) is 5.76. The zero-order valence-electron chi connectivity index (χ0n) is 11.0. The van der Waals surface area contributed by atoms with Gasteiger partial charge in [-0.25, -0.2) is 13.1 Å². The average Bonchev–Trinajstić information content (AvgIpc) is 2.98. The molecule has 0 atom stereocenters. The Morgan fingerprint density at radius 2 is 1.95 bits per heavy atom. The zero-order valence-corrected chi connectivity index (χ0v) is 11.8. The third kappa shape index (κ3) is 3.10. The number of anilines is 1. The van der Waals surface area contributed by atoms with Gasteiger partial charge in [-0.1, -0.05) is 12.1 Å². The molecular weight excluding hydrogens is 294 g/mol. The normalized spacial score (nSPS) is 10.9. The molecule has 0 saturated carbocycles. The second-order valence-electron chi connectivity index (χ2n) is 3.94. The molecule has 7 nitrogen and oxygen atoms in total. The average molecular weight is 305 g/mol. The van der Waals surface area contributed by atoms with Crippen LogP contribution < -0.4 is 10.0 Å². The SMILES string of the molecule is CNS(=O)(=O)c1ccc(C(=O)Nc2ccccc2C#N)o1. The Hall–Kier alpha value is -2.63. The van der Waals surface area contributed by atoms with E-state index >= 15 is 0 Å². The number of para-hydroxylation sites is 1. The molecule has 0 spiro atoms. The van der Waals surface area contributed by atoms with Gasteiger partial charge in [-0.2, -0.15) is 5.26 Å². The Balaban J connectivity index is 2.24. The molecule has 1 aromatic carbocycles. The highest BCUT2D eigenvalue weighted by Gasteiger charge is 2.20. The fraction of sp³-hybridized carbons (Fsp3) is 0.0769. The van der Waals surface area contributed by atoms with E-state index in [2.05, 4.69) is 10.0 Å². The molecule has 0 radical (unpaired) electrons. The molecule has 8 heteroatoms. The lowest BCUT2D eigenvalue weighted by atomic mass is 10.2. The van der Waals surface area contributed by atoms with Gasteiger partial charge < -0.3 is 9.73 Å². The highest BCUT2D eigenvalue weighted by Crippen LogP contribution is 2.17. The van der Waals surface area contributed by atoms with Crippen molar-refractivity contribution in [1.82, 2.24) is 4.72 Å². The van der Waals surface area contributed by atoms with Gasteiger partial charge in [0, 0.05) is 0 Å². The van der Waals surface area contributed by atoms with Gasteiger partial charge in [0.15, 0.2) is 5.76 Å². The van der Waals surface area contributed by atoms with Crippen molar-refractivity contribution in [3.63, 3.8) is 0 Å². The fourth-order valence-corrected chi connectivity index (χ4v) is 2.21. The number of furan rings is 1. The second kappa shape index (κ2) is 5.78. The van der Waals surface area contributed by atoms with Crippen molar-refractivity contribution in [3.05, 3.63) is 47.7 Å². The van der Waals surface area contributed by atoms with Crippen LogP contribution in [0.4, 0.5) is 5.69 Å². The van der Waals surface area contributed by atoms with E-state index in [0.29, 0.717) is 11.3 Å². The highest BCUT2D eigenvalue weighted by molar-refractivity contribution is 7.89. The first-order valence-electron chi connectivity index (χ1n) is 5.82. The number of carbonyl (C=O) groups excluding carboxylic acids is 1. The molecule has 0 aliphatic carbocycles. The van der Waals surface area contributed by atoms with Crippen molar-refractivity contribution in [2.24, 2.45) is 0 Å². The Morgan fingerprint density at radius 1 is 1.24 bits per heavy atom. The summed E-state index contributed by atoms with van der Waals surface area (Å²) in [5.74, 6) is -0.813. The zero-order chi connectivity index (χ0) is 15.5. The van der Waals surface area contributed by atoms with Crippen LogP contribution in [0.3, 0.4) is 0 Å². The molecule has 0 bridgehead atoms. The minimum absolute atomic E-state index is 0.170. The maximum Gasteiger partial charge on any atom is 0.291 e. The standard InChI is InChI=1S/C13H11N3O4S/c1-15-21(18,19)12-7-6-11(20-12)13(17)16-10-5-3-2-4-9(10)8-14/h2-7,15H,1H3,(H,16,17). The molecule has 108 valence electrons. The van der Waals surface area contributed by atoms with Crippen LogP contribution >= 0.6 is 0 Å². The predicted octanol–water partition coefficient (Wildman–Crippen LogP) is 1.31. The molecule has 1 heterocycles. The van der Waals surface area contributed by atoms with Crippen LogP contribution in [0.25, 0.3) is 0 Å². The first kappa shape index (κ1) is 14.8. The van der Waals surface area contributed by atoms with Gasteiger partial charge in [0.25, 0.3) is 15.9 Å². The van der Waals surface area contributed by atoms with Crippen molar-refractivity contribution < 1.29 is 17.6 Å². The first-order chi connectivity index (χ1) is 9.97. The van der Waals surface area contributed by atoms with Crippen LogP contribution in [0.15, 0.2) is 45.9 Å². The van der Waals surface area contributed by atoms with Gasteiger partial charge in [0.1, 0.15) is 6.07 Å². The van der Waals surface area contributed by atoms with Crippen LogP contribution in [-0.2, 0) is 10.0 Å². The van der Waals surface area contributed by atoms with Crippen molar-refractivity contribution in [1.29, 1.82) is 5.26 Å². The van der Waals surface area contributed by atoms with Crippen LogP contribution in [0.1, 0.15) is 16.1 Å². The number of nitrogens with zero attached hydrogens (tertiary/aromatic N) is 1. The van der Waals surface area contributed by atoms with Crippen molar-refractivity contribution in [3.8, 4) is 6.07 Å². The number of nitriles is 1. The topological polar surface area (TPSA) is 112 Å². The molecule has 21 heavy (non-hydrogen) atoms. The van der Waals surface area contributed by atoms with Crippen LogP contribution in [0.2, 0.25) is 0 Å². The van der Waals surface area contributed by atoms with Gasteiger partial charge in [-0.15, -0.1) is 0 Å². The Kier molecular flexibility index (Phi) is 4.07. The predicted molar refractivity (Wildman–Crippen MR) is 74.1 cm³/mol. The Labute approximate surface area is 121 Å².